The monoisotopic (exact) mass is 296 g/mol. The van der Waals surface area contributed by atoms with E-state index in [0.29, 0.717) is 0 Å². The zero-order chi connectivity index (χ0) is 15.9. The van der Waals surface area contributed by atoms with Gasteiger partial charge in [0.15, 0.2) is 0 Å². The first-order chi connectivity index (χ1) is 9.67. The van der Waals surface area contributed by atoms with E-state index in [4.69, 9.17) is 10.3 Å². The van der Waals surface area contributed by atoms with E-state index in [-0.39, 0.29) is 5.70 Å². The molecule has 0 unspecified atom stereocenters. The molecule has 2 aliphatic rings. The molecule has 114 valence electrons. The number of hydrogen-bond donors (Lipinski definition) is 2. The van der Waals surface area contributed by atoms with Crippen molar-refractivity contribution in [2.45, 2.75) is 50.7 Å². The Hall–Kier alpha value is -2.09. The summed E-state index contributed by atoms with van der Waals surface area (Å²) in [6.07, 6.45) is -1.61. The van der Waals surface area contributed by atoms with Gasteiger partial charge in [0.1, 0.15) is 29.5 Å². The van der Waals surface area contributed by atoms with Crippen LogP contribution in [0.15, 0.2) is 16.9 Å². The third-order valence-corrected chi connectivity index (χ3v) is 3.18. The SMILES string of the molecule is CC(C)(C)OC(=O)C1=C[C@@H](O)[C@H](O)[C@@H]2[C@H](N=[N+]=[N-])C(=O)N12. The van der Waals surface area contributed by atoms with E-state index in [0.717, 1.165) is 11.0 Å². The van der Waals surface area contributed by atoms with Crippen molar-refractivity contribution < 1.29 is 24.5 Å². The summed E-state index contributed by atoms with van der Waals surface area (Å²) in [5.74, 6) is -1.40. The van der Waals surface area contributed by atoms with Gasteiger partial charge in [0.05, 0.1) is 6.04 Å². The molecule has 2 N–H and O–H groups in total. The molecule has 9 nitrogen and oxygen atoms in total. The molecule has 1 saturated heterocycles. The number of β-lactam (4-membered cyclic amide) rings is 1. The highest BCUT2D eigenvalue weighted by atomic mass is 16.6. The van der Waals surface area contributed by atoms with Crippen LogP contribution in [0.4, 0.5) is 0 Å². The van der Waals surface area contributed by atoms with E-state index >= 15 is 0 Å². The Kier molecular flexibility index (Phi) is 3.66. The van der Waals surface area contributed by atoms with Gasteiger partial charge in [-0.15, -0.1) is 0 Å². The summed E-state index contributed by atoms with van der Waals surface area (Å²) in [7, 11) is 0. The van der Waals surface area contributed by atoms with Crippen LogP contribution in [0.3, 0.4) is 0 Å². The molecule has 0 aromatic rings. The zero-order valence-electron chi connectivity index (χ0n) is 11.8. The fraction of sp³-hybridized carbons (Fsp3) is 0.667. The lowest BCUT2D eigenvalue weighted by Gasteiger charge is -2.50. The van der Waals surface area contributed by atoms with Crippen LogP contribution < -0.4 is 0 Å². The Bertz CT molecular complexity index is 560. The Balaban J connectivity index is 2.31. The van der Waals surface area contributed by atoms with Crippen LogP contribution in [-0.2, 0) is 14.3 Å². The number of carbonyl (C=O) groups is 2. The molecule has 2 rings (SSSR count). The molecule has 2 heterocycles. The predicted molar refractivity (Wildman–Crippen MR) is 69.5 cm³/mol. The number of nitrogens with zero attached hydrogens (tertiary/aromatic N) is 4. The lowest BCUT2D eigenvalue weighted by molar-refractivity contribution is -0.168. The van der Waals surface area contributed by atoms with Gasteiger partial charge in [-0.3, -0.25) is 9.69 Å². The molecular formula is C12H16N4O5. The number of esters is 1. The van der Waals surface area contributed by atoms with Crippen molar-refractivity contribution in [2.24, 2.45) is 5.11 Å². The number of azide groups is 1. The second-order valence-electron chi connectivity index (χ2n) is 5.88. The first-order valence-electron chi connectivity index (χ1n) is 6.36. The summed E-state index contributed by atoms with van der Waals surface area (Å²) in [6.45, 7) is 4.99. The van der Waals surface area contributed by atoms with Gasteiger partial charge >= 0.3 is 5.97 Å². The molecule has 1 amide bonds. The fourth-order valence-electron chi connectivity index (χ4n) is 2.33. The van der Waals surface area contributed by atoms with Gasteiger partial charge < -0.3 is 14.9 Å². The molecule has 9 heteroatoms. The maximum Gasteiger partial charge on any atom is 0.355 e. The van der Waals surface area contributed by atoms with Crippen LogP contribution in [0, 0.1) is 0 Å². The molecule has 0 saturated carbocycles. The Labute approximate surface area is 120 Å². The Morgan fingerprint density at radius 2 is 2.10 bits per heavy atom. The van der Waals surface area contributed by atoms with Crippen LogP contribution in [0.1, 0.15) is 20.8 Å². The average molecular weight is 296 g/mol. The maximum atomic E-state index is 12.1. The normalized spacial score (nSPS) is 31.6. The van der Waals surface area contributed by atoms with Gasteiger partial charge in [-0.1, -0.05) is 5.11 Å². The highest BCUT2D eigenvalue weighted by molar-refractivity contribution is 6.00. The van der Waals surface area contributed by atoms with Crippen LogP contribution in [0.25, 0.3) is 10.4 Å². The quantitative estimate of drug-likeness (QED) is 0.240. The van der Waals surface area contributed by atoms with Crippen LogP contribution in [0.5, 0.6) is 0 Å². The van der Waals surface area contributed by atoms with Crippen molar-refractivity contribution in [3.8, 4) is 0 Å². The largest absolute Gasteiger partial charge is 0.455 e. The van der Waals surface area contributed by atoms with Crippen LogP contribution in [0.2, 0.25) is 0 Å². The van der Waals surface area contributed by atoms with Crippen LogP contribution in [-0.4, -0.2) is 56.9 Å². The summed E-state index contributed by atoms with van der Waals surface area (Å²) in [5, 5.41) is 23.0. The fourth-order valence-corrected chi connectivity index (χ4v) is 2.33. The molecule has 0 aromatic carbocycles. The smallest absolute Gasteiger partial charge is 0.355 e. The summed E-state index contributed by atoms with van der Waals surface area (Å²) >= 11 is 0. The lowest BCUT2D eigenvalue weighted by Crippen LogP contribution is -2.71. The van der Waals surface area contributed by atoms with E-state index in [2.05, 4.69) is 10.0 Å². The van der Waals surface area contributed by atoms with E-state index in [9.17, 15) is 19.8 Å². The average Bonchev–Trinajstić information content (AvgIpc) is 2.36. The van der Waals surface area contributed by atoms with E-state index in [1.807, 2.05) is 0 Å². The maximum absolute atomic E-state index is 12.1. The van der Waals surface area contributed by atoms with Crippen molar-refractivity contribution in [1.82, 2.24) is 4.90 Å². The van der Waals surface area contributed by atoms with Crippen molar-refractivity contribution in [3.05, 3.63) is 22.2 Å². The molecule has 2 aliphatic heterocycles. The second-order valence-corrected chi connectivity index (χ2v) is 5.88. The first-order valence-corrected chi connectivity index (χ1v) is 6.36. The number of carbonyl (C=O) groups excluding carboxylic acids is 2. The zero-order valence-corrected chi connectivity index (χ0v) is 11.8. The highest BCUT2D eigenvalue weighted by Gasteiger charge is 2.57. The molecule has 0 spiro atoms. The minimum absolute atomic E-state index is 0.151. The molecule has 1 fully saturated rings. The lowest BCUT2D eigenvalue weighted by atomic mass is 9.83. The molecule has 0 bridgehead atoms. The van der Waals surface area contributed by atoms with E-state index in [1.165, 1.54) is 0 Å². The minimum Gasteiger partial charge on any atom is -0.455 e. The van der Waals surface area contributed by atoms with Crippen molar-refractivity contribution in [1.29, 1.82) is 0 Å². The molecule has 0 aliphatic carbocycles. The number of fused-ring (bicyclic) bond motifs is 1. The molecular weight excluding hydrogens is 280 g/mol. The number of aliphatic hydroxyl groups is 2. The Morgan fingerprint density at radius 1 is 1.48 bits per heavy atom. The Morgan fingerprint density at radius 3 is 2.62 bits per heavy atom. The number of rotatable bonds is 2. The summed E-state index contributed by atoms with van der Waals surface area (Å²) < 4.78 is 5.16. The van der Waals surface area contributed by atoms with E-state index in [1.54, 1.807) is 20.8 Å². The standard InChI is InChI=1S/C12H16N4O5/c1-12(2,3)21-11(20)5-4-6(17)9(18)8-7(14-15-13)10(19)16(5)8/h4,6-9,17-18H,1-3H3/t6-,7+,8+,9+/m1/s1. The van der Waals surface area contributed by atoms with E-state index < -0.39 is 41.8 Å². The summed E-state index contributed by atoms with van der Waals surface area (Å²) in [6, 6.07) is -2.10. The number of ether oxygens (including phenoxy) is 1. The predicted octanol–water partition coefficient (Wildman–Crippen LogP) is -0.163. The number of amides is 1. The second kappa shape index (κ2) is 5.03. The summed E-state index contributed by atoms with van der Waals surface area (Å²) in [4.78, 5) is 27.6. The molecule has 0 radical (unpaired) electrons. The highest BCUT2D eigenvalue weighted by Crippen LogP contribution is 2.36. The van der Waals surface area contributed by atoms with Gasteiger partial charge in [-0.2, -0.15) is 0 Å². The van der Waals surface area contributed by atoms with Crippen molar-refractivity contribution >= 4 is 11.9 Å². The van der Waals surface area contributed by atoms with Gasteiger partial charge in [0.25, 0.3) is 0 Å². The van der Waals surface area contributed by atoms with Gasteiger partial charge in [-0.05, 0) is 32.4 Å². The summed E-state index contributed by atoms with van der Waals surface area (Å²) in [5.41, 5.74) is 7.50. The first kappa shape index (κ1) is 15.3. The van der Waals surface area contributed by atoms with Gasteiger partial charge in [-0.25, -0.2) is 4.79 Å². The minimum atomic E-state index is -1.35. The number of hydrogen-bond acceptors (Lipinski definition) is 6. The third-order valence-electron chi connectivity index (χ3n) is 3.18. The van der Waals surface area contributed by atoms with Crippen molar-refractivity contribution in [2.75, 3.05) is 0 Å². The van der Waals surface area contributed by atoms with Crippen LogP contribution >= 0.6 is 0 Å². The topological polar surface area (TPSA) is 136 Å². The van der Waals surface area contributed by atoms with Gasteiger partial charge in [0.2, 0.25) is 5.91 Å². The van der Waals surface area contributed by atoms with Crippen molar-refractivity contribution in [3.63, 3.8) is 0 Å². The van der Waals surface area contributed by atoms with Gasteiger partial charge in [0, 0.05) is 4.91 Å². The molecule has 0 aromatic heterocycles. The number of aliphatic hydroxyl groups excluding tert-OH is 2. The third kappa shape index (κ3) is 2.58. The molecule has 21 heavy (non-hydrogen) atoms. The molecule has 4 atom stereocenters.